The van der Waals surface area contributed by atoms with Gasteiger partial charge in [0.15, 0.2) is 11.5 Å². The summed E-state index contributed by atoms with van der Waals surface area (Å²) in [6, 6.07) is 11.2. The minimum absolute atomic E-state index is 0.111. The lowest BCUT2D eigenvalue weighted by Crippen LogP contribution is -2.16. The van der Waals surface area contributed by atoms with Crippen molar-refractivity contribution in [2.75, 3.05) is 12.1 Å². The number of carbonyl (C=O) groups is 1. The van der Waals surface area contributed by atoms with E-state index in [0.29, 0.717) is 28.4 Å². The molecule has 3 aromatic rings. The molecule has 0 radical (unpaired) electrons. The molecule has 144 valence electrons. The van der Waals surface area contributed by atoms with E-state index in [2.05, 4.69) is 10.4 Å². The largest absolute Gasteiger partial charge is 0.454 e. The topological polar surface area (TPSA) is 65.4 Å². The van der Waals surface area contributed by atoms with Crippen LogP contribution in [0.25, 0.3) is 0 Å². The number of fused-ring (bicyclic) bond motifs is 1. The second-order valence-electron chi connectivity index (χ2n) is 6.09. The Morgan fingerprint density at radius 2 is 1.82 bits per heavy atom. The summed E-state index contributed by atoms with van der Waals surface area (Å²) >= 11 is 0. The van der Waals surface area contributed by atoms with Crippen LogP contribution in [0.15, 0.2) is 54.7 Å². The van der Waals surface area contributed by atoms with Crippen LogP contribution in [-0.2, 0) is 12.7 Å². The monoisotopic (exact) mass is 389 g/mol. The molecule has 0 spiro atoms. The van der Waals surface area contributed by atoms with E-state index in [9.17, 15) is 18.0 Å². The van der Waals surface area contributed by atoms with Crippen LogP contribution >= 0.6 is 0 Å². The van der Waals surface area contributed by atoms with Crippen molar-refractivity contribution in [1.29, 1.82) is 0 Å². The highest BCUT2D eigenvalue weighted by Crippen LogP contribution is 2.33. The van der Waals surface area contributed by atoms with Gasteiger partial charge in [-0.05, 0) is 35.9 Å². The summed E-state index contributed by atoms with van der Waals surface area (Å²) in [5.74, 6) is 1.12. The summed E-state index contributed by atoms with van der Waals surface area (Å²) in [5.41, 5.74) is 0.287. The van der Waals surface area contributed by atoms with Crippen molar-refractivity contribution in [2.24, 2.45) is 0 Å². The second-order valence-corrected chi connectivity index (χ2v) is 6.09. The number of amides is 1. The number of rotatable bonds is 4. The van der Waals surface area contributed by atoms with Crippen LogP contribution in [-0.4, -0.2) is 22.5 Å². The molecule has 1 N–H and O–H groups in total. The van der Waals surface area contributed by atoms with Gasteiger partial charge in [-0.3, -0.25) is 4.79 Å². The molecule has 2 aromatic carbocycles. The number of anilines is 1. The lowest BCUT2D eigenvalue weighted by Gasteiger charge is -2.11. The molecule has 1 aliphatic rings. The zero-order valence-electron chi connectivity index (χ0n) is 14.4. The van der Waals surface area contributed by atoms with E-state index in [1.54, 1.807) is 24.3 Å². The standard InChI is InChI=1S/C19H14F3N3O3/c20-19(21,22)14-4-1-12(2-5-14)10-25-17(7-8-23-25)24-18(26)13-3-6-15-16(9-13)28-11-27-15/h1-9H,10-11H2,(H,24,26). The first-order chi connectivity index (χ1) is 13.4. The Kier molecular flexibility index (Phi) is 4.42. The van der Waals surface area contributed by atoms with Gasteiger partial charge in [-0.2, -0.15) is 18.3 Å². The van der Waals surface area contributed by atoms with Crippen LogP contribution in [0.4, 0.5) is 19.0 Å². The Balaban J connectivity index is 1.47. The normalized spacial score (nSPS) is 12.8. The number of benzene rings is 2. The van der Waals surface area contributed by atoms with Crippen molar-refractivity contribution in [2.45, 2.75) is 12.7 Å². The number of hydrogen-bond donors (Lipinski definition) is 1. The number of nitrogens with zero attached hydrogens (tertiary/aromatic N) is 2. The predicted molar refractivity (Wildman–Crippen MR) is 93.3 cm³/mol. The Morgan fingerprint density at radius 1 is 1.07 bits per heavy atom. The Hall–Kier alpha value is -3.49. The van der Waals surface area contributed by atoms with E-state index in [-0.39, 0.29) is 19.2 Å². The highest BCUT2D eigenvalue weighted by atomic mass is 19.4. The molecular weight excluding hydrogens is 375 g/mol. The van der Waals surface area contributed by atoms with Crippen molar-refractivity contribution < 1.29 is 27.4 Å². The molecule has 0 fully saturated rings. The molecule has 0 saturated heterocycles. The number of hydrogen-bond acceptors (Lipinski definition) is 4. The van der Waals surface area contributed by atoms with Gasteiger partial charge < -0.3 is 14.8 Å². The molecule has 0 atom stereocenters. The maximum atomic E-state index is 12.7. The maximum absolute atomic E-state index is 12.7. The van der Waals surface area contributed by atoms with Crippen molar-refractivity contribution in [3.8, 4) is 11.5 Å². The zero-order valence-corrected chi connectivity index (χ0v) is 14.4. The van der Waals surface area contributed by atoms with Gasteiger partial charge in [0.25, 0.3) is 5.91 Å². The van der Waals surface area contributed by atoms with Crippen LogP contribution in [0.5, 0.6) is 11.5 Å². The third kappa shape index (κ3) is 3.64. The number of nitrogens with one attached hydrogen (secondary N) is 1. The van der Waals surface area contributed by atoms with Crippen LogP contribution in [0.2, 0.25) is 0 Å². The molecule has 1 aromatic heterocycles. The molecule has 1 amide bonds. The Labute approximate surface area is 157 Å². The molecule has 0 saturated carbocycles. The van der Waals surface area contributed by atoms with Crippen molar-refractivity contribution in [3.63, 3.8) is 0 Å². The van der Waals surface area contributed by atoms with E-state index in [4.69, 9.17) is 9.47 Å². The minimum Gasteiger partial charge on any atom is -0.454 e. The first kappa shape index (κ1) is 17.9. The fourth-order valence-electron chi connectivity index (χ4n) is 2.76. The van der Waals surface area contributed by atoms with Gasteiger partial charge in [-0.15, -0.1) is 0 Å². The van der Waals surface area contributed by atoms with Gasteiger partial charge in [-0.1, -0.05) is 12.1 Å². The fraction of sp³-hybridized carbons (Fsp3) is 0.158. The van der Waals surface area contributed by atoms with E-state index >= 15 is 0 Å². The first-order valence-electron chi connectivity index (χ1n) is 8.29. The third-order valence-electron chi connectivity index (χ3n) is 4.21. The van der Waals surface area contributed by atoms with Gasteiger partial charge in [0.2, 0.25) is 6.79 Å². The van der Waals surface area contributed by atoms with Gasteiger partial charge in [-0.25, -0.2) is 4.68 Å². The number of halogens is 3. The van der Waals surface area contributed by atoms with E-state index in [1.165, 1.54) is 23.0 Å². The van der Waals surface area contributed by atoms with Crippen molar-refractivity contribution in [1.82, 2.24) is 9.78 Å². The van der Waals surface area contributed by atoms with Gasteiger partial charge in [0.1, 0.15) is 5.82 Å². The number of alkyl halides is 3. The van der Waals surface area contributed by atoms with Gasteiger partial charge >= 0.3 is 6.18 Å². The average Bonchev–Trinajstić information content (AvgIpc) is 3.30. The summed E-state index contributed by atoms with van der Waals surface area (Å²) in [6.07, 6.45) is -2.88. The van der Waals surface area contributed by atoms with E-state index < -0.39 is 11.7 Å². The molecular formula is C19H14F3N3O3. The highest BCUT2D eigenvalue weighted by molar-refractivity contribution is 6.04. The second kappa shape index (κ2) is 6.91. The molecule has 6 nitrogen and oxygen atoms in total. The molecule has 0 unspecified atom stereocenters. The average molecular weight is 389 g/mol. The summed E-state index contributed by atoms with van der Waals surface area (Å²) in [7, 11) is 0. The molecule has 2 heterocycles. The SMILES string of the molecule is O=C(Nc1ccnn1Cc1ccc(C(F)(F)F)cc1)c1ccc2c(c1)OCO2. The maximum Gasteiger partial charge on any atom is 0.416 e. The third-order valence-corrected chi connectivity index (χ3v) is 4.21. The smallest absolute Gasteiger partial charge is 0.416 e. The highest BCUT2D eigenvalue weighted by Gasteiger charge is 2.30. The van der Waals surface area contributed by atoms with Gasteiger partial charge in [0, 0.05) is 11.6 Å². The van der Waals surface area contributed by atoms with Crippen LogP contribution < -0.4 is 14.8 Å². The van der Waals surface area contributed by atoms with Gasteiger partial charge in [0.05, 0.1) is 18.3 Å². The van der Waals surface area contributed by atoms with E-state index in [1.807, 2.05) is 0 Å². The lowest BCUT2D eigenvalue weighted by molar-refractivity contribution is -0.137. The lowest BCUT2D eigenvalue weighted by atomic mass is 10.1. The van der Waals surface area contributed by atoms with Crippen molar-refractivity contribution in [3.05, 3.63) is 71.4 Å². The predicted octanol–water partition coefficient (Wildman–Crippen LogP) is 3.93. The molecule has 0 aliphatic carbocycles. The van der Waals surface area contributed by atoms with E-state index in [0.717, 1.165) is 12.1 Å². The van der Waals surface area contributed by atoms with Crippen LogP contribution in [0, 0.1) is 0 Å². The summed E-state index contributed by atoms with van der Waals surface area (Å²) in [4.78, 5) is 12.5. The first-order valence-corrected chi connectivity index (χ1v) is 8.29. The van der Waals surface area contributed by atoms with Crippen LogP contribution in [0.3, 0.4) is 0 Å². The molecule has 1 aliphatic heterocycles. The molecule has 9 heteroatoms. The Bertz CT molecular complexity index is 1010. The summed E-state index contributed by atoms with van der Waals surface area (Å²) in [6.45, 7) is 0.322. The zero-order chi connectivity index (χ0) is 19.7. The number of aromatic nitrogens is 2. The summed E-state index contributed by atoms with van der Waals surface area (Å²) < 4.78 is 50.0. The Morgan fingerprint density at radius 3 is 2.57 bits per heavy atom. The van der Waals surface area contributed by atoms with Crippen LogP contribution in [0.1, 0.15) is 21.5 Å². The van der Waals surface area contributed by atoms with Crippen molar-refractivity contribution >= 4 is 11.7 Å². The number of carbonyl (C=O) groups excluding carboxylic acids is 1. The number of ether oxygens (including phenoxy) is 2. The summed E-state index contributed by atoms with van der Waals surface area (Å²) in [5, 5.41) is 6.86. The molecule has 28 heavy (non-hydrogen) atoms. The molecule has 0 bridgehead atoms. The quantitative estimate of drug-likeness (QED) is 0.734. The fourth-order valence-corrected chi connectivity index (χ4v) is 2.76. The minimum atomic E-state index is -4.38. The molecule has 4 rings (SSSR count).